The van der Waals surface area contributed by atoms with Crippen molar-refractivity contribution in [2.24, 2.45) is 5.14 Å². The maximum absolute atomic E-state index is 11.9. The summed E-state index contributed by atoms with van der Waals surface area (Å²) in [5, 5.41) is 9.70. The summed E-state index contributed by atoms with van der Waals surface area (Å²) >= 11 is 0. The highest BCUT2D eigenvalue weighted by Gasteiger charge is 2.43. The number of aromatic nitrogens is 2. The maximum Gasteiger partial charge on any atom is 0.241 e. The highest BCUT2D eigenvalue weighted by Crippen LogP contribution is 2.34. The quantitative estimate of drug-likeness (QED) is 0.844. The van der Waals surface area contributed by atoms with E-state index in [4.69, 9.17) is 5.14 Å². The fourth-order valence-electron chi connectivity index (χ4n) is 2.97. The highest BCUT2D eigenvalue weighted by atomic mass is 32.2. The van der Waals surface area contributed by atoms with Crippen LogP contribution in [0, 0.1) is 0 Å². The van der Waals surface area contributed by atoms with Gasteiger partial charge in [0.05, 0.1) is 28.4 Å². The van der Waals surface area contributed by atoms with Gasteiger partial charge in [-0.1, -0.05) is 13.8 Å². The predicted octanol–water partition coefficient (Wildman–Crippen LogP) is 0.189. The predicted molar refractivity (Wildman–Crippen MR) is 79.3 cm³/mol. The minimum Gasteiger partial charge on any atom is -0.261 e. The molecule has 2 rings (SSSR count). The number of sulfone groups is 1. The van der Waals surface area contributed by atoms with Gasteiger partial charge in [0.15, 0.2) is 9.84 Å². The van der Waals surface area contributed by atoms with Gasteiger partial charge in [-0.3, -0.25) is 4.68 Å². The van der Waals surface area contributed by atoms with E-state index in [9.17, 15) is 16.8 Å². The molecular weight excluding hydrogens is 314 g/mol. The summed E-state index contributed by atoms with van der Waals surface area (Å²) in [6.45, 7) is 5.42. The summed E-state index contributed by atoms with van der Waals surface area (Å²) in [7, 11) is -7.00. The molecule has 7 nitrogen and oxygen atoms in total. The first-order valence-corrected chi connectivity index (χ1v) is 10.3. The number of hydrogen-bond acceptors (Lipinski definition) is 5. The van der Waals surface area contributed by atoms with Gasteiger partial charge in [-0.2, -0.15) is 5.10 Å². The first-order valence-electron chi connectivity index (χ1n) is 6.88. The van der Waals surface area contributed by atoms with E-state index in [0.717, 1.165) is 0 Å². The lowest BCUT2D eigenvalue weighted by Crippen LogP contribution is -2.34. The number of nitrogens with zero attached hydrogens (tertiary/aromatic N) is 2. The zero-order valence-electron chi connectivity index (χ0n) is 12.5. The van der Waals surface area contributed by atoms with Crippen LogP contribution in [0.15, 0.2) is 4.90 Å². The fourth-order valence-corrected chi connectivity index (χ4v) is 6.15. The molecule has 1 fully saturated rings. The van der Waals surface area contributed by atoms with Crippen LogP contribution in [0.2, 0.25) is 0 Å². The molecule has 9 heteroatoms. The van der Waals surface area contributed by atoms with Crippen LogP contribution in [0.3, 0.4) is 0 Å². The Morgan fingerprint density at radius 1 is 1.33 bits per heavy atom. The molecule has 2 N–H and O–H groups in total. The lowest BCUT2D eigenvalue weighted by molar-refractivity contribution is 0.316. The third-order valence-corrected chi connectivity index (χ3v) is 6.88. The molecule has 1 aromatic rings. The Morgan fingerprint density at radius 3 is 2.33 bits per heavy atom. The van der Waals surface area contributed by atoms with Gasteiger partial charge in [-0.05, 0) is 26.2 Å². The lowest BCUT2D eigenvalue weighted by atomic mass is 10.0. The van der Waals surface area contributed by atoms with E-state index < -0.39 is 25.4 Å². The second kappa shape index (κ2) is 5.06. The van der Waals surface area contributed by atoms with E-state index >= 15 is 0 Å². The summed E-state index contributed by atoms with van der Waals surface area (Å²) in [6, 6.07) is 0. The van der Waals surface area contributed by atoms with Crippen molar-refractivity contribution in [1.82, 2.24) is 9.78 Å². The zero-order valence-corrected chi connectivity index (χ0v) is 14.1. The summed E-state index contributed by atoms with van der Waals surface area (Å²) < 4.78 is 48.9. The standard InChI is InChI=1S/C12H21N3O4S2/c1-4-9-11(21(13,18)19)10(5-2)15(14-9)12(3)6-7-20(16,17)8-12/h4-8H2,1-3H3,(H2,13,18,19). The molecule has 0 spiro atoms. The molecule has 0 bridgehead atoms. The maximum atomic E-state index is 11.9. The van der Waals surface area contributed by atoms with Gasteiger partial charge in [0, 0.05) is 0 Å². The number of aryl methyl sites for hydroxylation is 1. The van der Waals surface area contributed by atoms with Gasteiger partial charge in [0.1, 0.15) is 4.90 Å². The molecule has 1 aliphatic rings. The number of primary sulfonamides is 1. The molecule has 0 aromatic carbocycles. The second-order valence-electron chi connectivity index (χ2n) is 5.73. The Morgan fingerprint density at radius 2 is 1.95 bits per heavy atom. The smallest absolute Gasteiger partial charge is 0.241 e. The molecule has 1 atom stereocenters. The van der Waals surface area contributed by atoms with Crippen LogP contribution in [0.1, 0.15) is 38.6 Å². The van der Waals surface area contributed by atoms with Crippen LogP contribution in [-0.4, -0.2) is 38.1 Å². The highest BCUT2D eigenvalue weighted by molar-refractivity contribution is 7.91. The zero-order chi connectivity index (χ0) is 16.1. The number of hydrogen-bond donors (Lipinski definition) is 1. The fraction of sp³-hybridized carbons (Fsp3) is 0.750. The lowest BCUT2D eigenvalue weighted by Gasteiger charge is -2.25. The first-order chi connectivity index (χ1) is 9.54. The van der Waals surface area contributed by atoms with Crippen molar-refractivity contribution in [1.29, 1.82) is 0 Å². The van der Waals surface area contributed by atoms with Crippen LogP contribution in [0.25, 0.3) is 0 Å². The first kappa shape index (κ1) is 16.4. The van der Waals surface area contributed by atoms with Crippen molar-refractivity contribution in [3.63, 3.8) is 0 Å². The number of rotatable bonds is 4. The molecule has 0 amide bonds. The molecular formula is C12H21N3O4S2. The molecule has 120 valence electrons. The molecule has 2 heterocycles. The van der Waals surface area contributed by atoms with E-state index in [1.54, 1.807) is 18.5 Å². The largest absolute Gasteiger partial charge is 0.261 e. The van der Waals surface area contributed by atoms with E-state index in [1.165, 1.54) is 0 Å². The van der Waals surface area contributed by atoms with Gasteiger partial charge in [0.2, 0.25) is 10.0 Å². The Bertz CT molecular complexity index is 765. The number of sulfonamides is 1. The van der Waals surface area contributed by atoms with Crippen LogP contribution in [-0.2, 0) is 38.2 Å². The van der Waals surface area contributed by atoms with Crippen molar-refractivity contribution >= 4 is 19.9 Å². The van der Waals surface area contributed by atoms with Crippen LogP contribution in [0.5, 0.6) is 0 Å². The van der Waals surface area contributed by atoms with Crippen molar-refractivity contribution in [3.05, 3.63) is 11.4 Å². The van der Waals surface area contributed by atoms with E-state index in [-0.39, 0.29) is 16.4 Å². The Kier molecular flexibility index (Phi) is 3.96. The van der Waals surface area contributed by atoms with Gasteiger partial charge in [0.25, 0.3) is 0 Å². The third kappa shape index (κ3) is 2.86. The average Bonchev–Trinajstić information content (AvgIpc) is 2.87. The van der Waals surface area contributed by atoms with E-state index in [2.05, 4.69) is 5.10 Å². The monoisotopic (exact) mass is 335 g/mol. The van der Waals surface area contributed by atoms with Crippen molar-refractivity contribution in [2.75, 3.05) is 11.5 Å². The Balaban J connectivity index is 2.69. The minimum atomic E-state index is -3.89. The summed E-state index contributed by atoms with van der Waals surface area (Å²) in [4.78, 5) is 0.0537. The van der Waals surface area contributed by atoms with Gasteiger partial charge >= 0.3 is 0 Å². The summed E-state index contributed by atoms with van der Waals surface area (Å²) in [5.74, 6) is 0.0700. The molecule has 1 saturated heterocycles. The second-order valence-corrected chi connectivity index (χ2v) is 9.41. The summed E-state index contributed by atoms with van der Waals surface area (Å²) in [6.07, 6.45) is 1.28. The third-order valence-electron chi connectivity index (χ3n) is 3.95. The molecule has 21 heavy (non-hydrogen) atoms. The van der Waals surface area contributed by atoms with Crippen molar-refractivity contribution in [3.8, 4) is 0 Å². The average molecular weight is 335 g/mol. The van der Waals surface area contributed by atoms with Crippen molar-refractivity contribution in [2.45, 2.75) is 50.5 Å². The van der Waals surface area contributed by atoms with Crippen LogP contribution in [0.4, 0.5) is 0 Å². The molecule has 1 aromatic heterocycles. The van der Waals surface area contributed by atoms with Gasteiger partial charge < -0.3 is 0 Å². The van der Waals surface area contributed by atoms with E-state index in [1.807, 2.05) is 6.92 Å². The Hall–Kier alpha value is -0.930. The molecule has 0 saturated carbocycles. The number of nitrogens with two attached hydrogens (primary N) is 1. The van der Waals surface area contributed by atoms with Gasteiger partial charge in [-0.25, -0.2) is 22.0 Å². The van der Waals surface area contributed by atoms with E-state index in [0.29, 0.717) is 30.7 Å². The summed E-state index contributed by atoms with van der Waals surface area (Å²) in [5.41, 5.74) is 0.186. The van der Waals surface area contributed by atoms with Crippen LogP contribution < -0.4 is 5.14 Å². The van der Waals surface area contributed by atoms with Crippen LogP contribution >= 0.6 is 0 Å². The minimum absolute atomic E-state index is 0.0259. The topological polar surface area (TPSA) is 112 Å². The SMILES string of the molecule is CCc1nn(C2(C)CCS(=O)(=O)C2)c(CC)c1S(N)(=O)=O. The molecule has 1 aliphatic heterocycles. The van der Waals surface area contributed by atoms with Gasteiger partial charge in [-0.15, -0.1) is 0 Å². The van der Waals surface area contributed by atoms with Crippen molar-refractivity contribution < 1.29 is 16.8 Å². The molecule has 0 aliphatic carbocycles. The Labute approximate surface area is 125 Å². The molecule has 0 radical (unpaired) electrons. The normalized spacial score (nSPS) is 25.3. The molecule has 1 unspecified atom stereocenters.